The highest BCUT2D eigenvalue weighted by Crippen LogP contribution is 2.33. The Morgan fingerprint density at radius 3 is 2.35 bits per heavy atom. The molecule has 0 atom stereocenters. The summed E-state index contributed by atoms with van der Waals surface area (Å²) in [6.45, 7) is 0.459. The van der Waals surface area contributed by atoms with Crippen molar-refractivity contribution in [2.24, 2.45) is 0 Å². The number of anilines is 1. The van der Waals surface area contributed by atoms with Crippen molar-refractivity contribution in [1.29, 1.82) is 0 Å². The average molecular weight is 351 g/mol. The molecule has 0 aliphatic heterocycles. The largest absolute Gasteiger partial charge is 0.496 e. The molecule has 0 aromatic heterocycles. The molecular weight excluding hydrogens is 340 g/mol. The van der Waals surface area contributed by atoms with Crippen LogP contribution in [0.5, 0.6) is 5.75 Å². The molecule has 0 aliphatic rings. The van der Waals surface area contributed by atoms with Gasteiger partial charge < -0.3 is 10.1 Å². The highest BCUT2D eigenvalue weighted by atomic mass is 35.5. The Hall–Kier alpha value is -0.800. The van der Waals surface area contributed by atoms with Crippen LogP contribution in [0.1, 0.15) is 5.56 Å². The van der Waals surface area contributed by atoms with Crippen LogP contribution in [0, 0.1) is 0 Å². The number of methoxy groups -OCH3 is 1. The summed E-state index contributed by atoms with van der Waals surface area (Å²) in [6, 6.07) is 8.75. The van der Waals surface area contributed by atoms with E-state index >= 15 is 0 Å². The van der Waals surface area contributed by atoms with E-state index in [1.807, 2.05) is 12.1 Å². The van der Waals surface area contributed by atoms with Gasteiger partial charge in [0.25, 0.3) is 0 Å². The topological polar surface area (TPSA) is 21.3 Å². The first kappa shape index (κ1) is 15.6. The lowest BCUT2D eigenvalue weighted by Gasteiger charge is -2.13. The van der Waals surface area contributed by atoms with E-state index in [0.717, 1.165) is 5.56 Å². The molecule has 0 saturated carbocycles. The molecule has 0 spiro atoms. The molecule has 2 aromatic rings. The van der Waals surface area contributed by atoms with Gasteiger partial charge in [-0.3, -0.25) is 0 Å². The Morgan fingerprint density at radius 2 is 1.65 bits per heavy atom. The van der Waals surface area contributed by atoms with Gasteiger partial charge in [-0.1, -0.05) is 52.5 Å². The minimum absolute atomic E-state index is 0.414. The Labute approximate surface area is 137 Å². The van der Waals surface area contributed by atoms with Gasteiger partial charge in [0.15, 0.2) is 0 Å². The van der Waals surface area contributed by atoms with Gasteiger partial charge in [-0.15, -0.1) is 0 Å². The van der Waals surface area contributed by atoms with E-state index < -0.39 is 0 Å². The van der Waals surface area contributed by atoms with E-state index in [9.17, 15) is 0 Å². The van der Waals surface area contributed by atoms with Crippen LogP contribution >= 0.6 is 46.4 Å². The quantitative estimate of drug-likeness (QED) is 0.691. The third kappa shape index (κ3) is 3.44. The molecule has 1 N–H and O–H groups in total. The van der Waals surface area contributed by atoms with Crippen molar-refractivity contribution in [3.05, 3.63) is 56.0 Å². The zero-order chi connectivity index (χ0) is 14.7. The van der Waals surface area contributed by atoms with Crippen LogP contribution in [-0.4, -0.2) is 7.11 Å². The van der Waals surface area contributed by atoms with E-state index in [-0.39, 0.29) is 0 Å². The zero-order valence-electron chi connectivity index (χ0n) is 10.5. The number of nitrogens with one attached hydrogen (secondary N) is 1. The van der Waals surface area contributed by atoms with Crippen LogP contribution < -0.4 is 10.1 Å². The predicted molar refractivity (Wildman–Crippen MR) is 86.8 cm³/mol. The SMILES string of the molecule is COc1cccc(Cl)c1CNc1cc(Cl)c(Cl)cc1Cl. The molecule has 0 fully saturated rings. The summed E-state index contributed by atoms with van der Waals surface area (Å²) in [5.41, 5.74) is 1.53. The van der Waals surface area contributed by atoms with Crippen LogP contribution in [0.3, 0.4) is 0 Å². The molecule has 2 aromatic carbocycles. The molecule has 20 heavy (non-hydrogen) atoms. The van der Waals surface area contributed by atoms with Crippen molar-refractivity contribution < 1.29 is 4.74 Å². The number of hydrogen-bond acceptors (Lipinski definition) is 2. The third-order valence-corrected chi connectivity index (χ3v) is 4.15. The van der Waals surface area contributed by atoms with E-state index in [0.29, 0.717) is 38.1 Å². The summed E-state index contributed by atoms with van der Waals surface area (Å²) in [6.07, 6.45) is 0. The minimum Gasteiger partial charge on any atom is -0.496 e. The average Bonchev–Trinajstić information content (AvgIpc) is 2.42. The van der Waals surface area contributed by atoms with Crippen molar-refractivity contribution >= 4 is 52.1 Å². The maximum Gasteiger partial charge on any atom is 0.125 e. The van der Waals surface area contributed by atoms with Gasteiger partial charge in [0.1, 0.15) is 5.75 Å². The molecule has 2 nitrogen and oxygen atoms in total. The fraction of sp³-hybridized carbons (Fsp3) is 0.143. The van der Waals surface area contributed by atoms with Gasteiger partial charge in [0.2, 0.25) is 0 Å². The molecule has 0 radical (unpaired) electrons. The van der Waals surface area contributed by atoms with Gasteiger partial charge >= 0.3 is 0 Å². The molecule has 2 rings (SSSR count). The molecular formula is C14H11Cl4NO. The fourth-order valence-corrected chi connectivity index (χ4v) is 2.59. The highest BCUT2D eigenvalue weighted by molar-refractivity contribution is 6.44. The highest BCUT2D eigenvalue weighted by Gasteiger charge is 2.10. The lowest BCUT2D eigenvalue weighted by Crippen LogP contribution is -2.03. The Morgan fingerprint density at radius 1 is 0.950 bits per heavy atom. The monoisotopic (exact) mass is 349 g/mol. The standard InChI is InChI=1S/C14H11Cl4NO/c1-20-14-4-2-3-9(15)8(14)7-19-13-6-11(17)10(16)5-12(13)18/h2-6,19H,7H2,1H3. The first-order chi connectivity index (χ1) is 9.52. The maximum atomic E-state index is 6.17. The van der Waals surface area contributed by atoms with Gasteiger partial charge in [0, 0.05) is 17.1 Å². The molecule has 0 heterocycles. The molecule has 0 unspecified atom stereocenters. The second-order valence-electron chi connectivity index (χ2n) is 4.02. The van der Waals surface area contributed by atoms with Crippen molar-refractivity contribution in [2.45, 2.75) is 6.54 Å². The van der Waals surface area contributed by atoms with E-state index in [4.69, 9.17) is 51.1 Å². The third-order valence-electron chi connectivity index (χ3n) is 2.76. The first-order valence-corrected chi connectivity index (χ1v) is 7.24. The minimum atomic E-state index is 0.414. The van der Waals surface area contributed by atoms with Crippen LogP contribution in [-0.2, 0) is 6.54 Å². The Balaban J connectivity index is 2.23. The summed E-state index contributed by atoms with van der Waals surface area (Å²) < 4.78 is 5.28. The van der Waals surface area contributed by atoms with Crippen molar-refractivity contribution in [3.8, 4) is 5.75 Å². The molecule has 0 aliphatic carbocycles. The summed E-state index contributed by atoms with van der Waals surface area (Å²) >= 11 is 24.1. The number of ether oxygens (including phenoxy) is 1. The number of benzene rings is 2. The predicted octanol–water partition coefficient (Wildman–Crippen LogP) is 5.92. The Bertz CT molecular complexity index is 631. The molecule has 0 bridgehead atoms. The second kappa shape index (κ2) is 6.77. The molecule has 6 heteroatoms. The zero-order valence-corrected chi connectivity index (χ0v) is 13.5. The Kier molecular flexibility index (Phi) is 5.28. The van der Waals surface area contributed by atoms with Crippen molar-refractivity contribution in [3.63, 3.8) is 0 Å². The van der Waals surface area contributed by atoms with Crippen LogP contribution in [0.15, 0.2) is 30.3 Å². The summed E-state index contributed by atoms with van der Waals surface area (Å²) in [7, 11) is 1.60. The van der Waals surface area contributed by atoms with E-state index in [1.165, 1.54) is 0 Å². The molecule has 0 saturated heterocycles. The normalized spacial score (nSPS) is 10.4. The number of rotatable bonds is 4. The summed E-state index contributed by atoms with van der Waals surface area (Å²) in [5.74, 6) is 0.709. The molecule has 0 amide bonds. The van der Waals surface area contributed by atoms with E-state index in [1.54, 1.807) is 25.3 Å². The van der Waals surface area contributed by atoms with Gasteiger partial charge in [-0.25, -0.2) is 0 Å². The fourth-order valence-electron chi connectivity index (χ4n) is 1.74. The molecule has 106 valence electrons. The van der Waals surface area contributed by atoms with Crippen molar-refractivity contribution in [1.82, 2.24) is 0 Å². The van der Waals surface area contributed by atoms with Crippen LogP contribution in [0.2, 0.25) is 20.1 Å². The van der Waals surface area contributed by atoms with Crippen molar-refractivity contribution in [2.75, 3.05) is 12.4 Å². The van der Waals surface area contributed by atoms with Crippen LogP contribution in [0.25, 0.3) is 0 Å². The number of halogens is 4. The summed E-state index contributed by atoms with van der Waals surface area (Å²) in [4.78, 5) is 0. The van der Waals surface area contributed by atoms with E-state index in [2.05, 4.69) is 5.32 Å². The lowest BCUT2D eigenvalue weighted by atomic mass is 10.2. The second-order valence-corrected chi connectivity index (χ2v) is 5.65. The number of hydrogen-bond donors (Lipinski definition) is 1. The smallest absolute Gasteiger partial charge is 0.125 e. The first-order valence-electron chi connectivity index (χ1n) is 5.72. The van der Waals surface area contributed by atoms with Gasteiger partial charge in [-0.05, 0) is 24.3 Å². The van der Waals surface area contributed by atoms with Gasteiger partial charge in [0.05, 0.1) is 27.9 Å². The van der Waals surface area contributed by atoms with Gasteiger partial charge in [-0.2, -0.15) is 0 Å². The maximum absolute atomic E-state index is 6.17. The van der Waals surface area contributed by atoms with Crippen LogP contribution in [0.4, 0.5) is 5.69 Å². The lowest BCUT2D eigenvalue weighted by molar-refractivity contribution is 0.410. The summed E-state index contributed by atoms with van der Waals surface area (Å²) in [5, 5.41) is 5.13.